The minimum absolute atomic E-state index is 0.0271. The SMILES string of the molecule is CN1C(=O)N(Cc2ccccc2)Cc2cc(C#CCc3ccccc3)ccc21. The van der Waals surface area contributed by atoms with E-state index < -0.39 is 0 Å². The molecule has 0 spiro atoms. The second kappa shape index (κ2) is 8.02. The largest absolute Gasteiger partial charge is 0.324 e. The molecule has 0 radical (unpaired) electrons. The van der Waals surface area contributed by atoms with E-state index in [2.05, 4.69) is 30.0 Å². The molecule has 0 atom stereocenters. The van der Waals surface area contributed by atoms with E-state index in [1.165, 1.54) is 5.56 Å². The number of carbonyl (C=O) groups is 1. The summed E-state index contributed by atoms with van der Waals surface area (Å²) in [6.07, 6.45) is 0.733. The van der Waals surface area contributed by atoms with Gasteiger partial charge in [0, 0.05) is 32.1 Å². The van der Waals surface area contributed by atoms with E-state index in [0.29, 0.717) is 13.1 Å². The van der Waals surface area contributed by atoms with Crippen molar-refractivity contribution in [1.29, 1.82) is 0 Å². The Balaban J connectivity index is 1.53. The van der Waals surface area contributed by atoms with Gasteiger partial charge in [-0.3, -0.25) is 4.90 Å². The summed E-state index contributed by atoms with van der Waals surface area (Å²) in [6.45, 7) is 1.20. The normalized spacial score (nSPS) is 13.0. The lowest BCUT2D eigenvalue weighted by Crippen LogP contribution is -2.44. The van der Waals surface area contributed by atoms with E-state index in [4.69, 9.17) is 0 Å². The molecule has 0 aromatic heterocycles. The number of amides is 2. The van der Waals surface area contributed by atoms with Crippen molar-refractivity contribution >= 4 is 11.7 Å². The van der Waals surface area contributed by atoms with E-state index in [0.717, 1.165) is 28.8 Å². The molecule has 0 aliphatic carbocycles. The summed E-state index contributed by atoms with van der Waals surface area (Å²) in [5.74, 6) is 6.51. The van der Waals surface area contributed by atoms with Gasteiger partial charge < -0.3 is 4.90 Å². The van der Waals surface area contributed by atoms with Crippen molar-refractivity contribution in [3.63, 3.8) is 0 Å². The van der Waals surface area contributed by atoms with E-state index in [1.807, 2.05) is 72.6 Å². The van der Waals surface area contributed by atoms with Crippen LogP contribution in [0.15, 0.2) is 78.9 Å². The molecule has 3 aromatic rings. The van der Waals surface area contributed by atoms with Crippen LogP contribution in [0.5, 0.6) is 0 Å². The lowest BCUT2D eigenvalue weighted by molar-refractivity contribution is 0.197. The molecule has 1 heterocycles. The smallest absolute Gasteiger partial charge is 0.316 e. The van der Waals surface area contributed by atoms with Gasteiger partial charge in [-0.2, -0.15) is 0 Å². The summed E-state index contributed by atoms with van der Waals surface area (Å²) >= 11 is 0. The van der Waals surface area contributed by atoms with Crippen LogP contribution in [0.2, 0.25) is 0 Å². The maximum atomic E-state index is 12.7. The zero-order chi connectivity index (χ0) is 19.3. The van der Waals surface area contributed by atoms with Gasteiger partial charge in [0.05, 0.1) is 5.69 Å². The van der Waals surface area contributed by atoms with Crippen LogP contribution < -0.4 is 4.90 Å². The minimum atomic E-state index is 0.0271. The van der Waals surface area contributed by atoms with Crippen LogP contribution >= 0.6 is 0 Å². The number of hydrogen-bond donors (Lipinski definition) is 0. The van der Waals surface area contributed by atoms with Gasteiger partial charge in [0.2, 0.25) is 0 Å². The average Bonchev–Trinajstić information content (AvgIpc) is 2.73. The van der Waals surface area contributed by atoms with Gasteiger partial charge in [-0.15, -0.1) is 0 Å². The highest BCUT2D eigenvalue weighted by Crippen LogP contribution is 2.29. The summed E-state index contributed by atoms with van der Waals surface area (Å²) in [7, 11) is 1.83. The molecular weight excluding hydrogens is 344 g/mol. The second-order valence-electron chi connectivity index (χ2n) is 6.99. The summed E-state index contributed by atoms with van der Waals surface area (Å²) in [4.78, 5) is 16.3. The molecule has 2 amide bonds. The molecule has 4 rings (SSSR count). The van der Waals surface area contributed by atoms with Gasteiger partial charge in [-0.1, -0.05) is 72.5 Å². The quantitative estimate of drug-likeness (QED) is 0.608. The van der Waals surface area contributed by atoms with Crippen molar-refractivity contribution in [2.45, 2.75) is 19.5 Å². The molecule has 0 fully saturated rings. The summed E-state index contributed by atoms with van der Waals surface area (Å²) in [5, 5.41) is 0. The Kier molecular flexibility index (Phi) is 5.12. The van der Waals surface area contributed by atoms with Crippen molar-refractivity contribution < 1.29 is 4.79 Å². The highest BCUT2D eigenvalue weighted by Gasteiger charge is 2.27. The molecule has 0 N–H and O–H groups in total. The van der Waals surface area contributed by atoms with Crippen LogP contribution in [-0.4, -0.2) is 18.0 Å². The first-order valence-corrected chi connectivity index (χ1v) is 9.43. The highest BCUT2D eigenvalue weighted by atomic mass is 16.2. The topological polar surface area (TPSA) is 23.6 Å². The summed E-state index contributed by atoms with van der Waals surface area (Å²) in [6, 6.07) is 26.5. The third kappa shape index (κ3) is 3.92. The Morgan fingerprint density at radius 2 is 1.57 bits per heavy atom. The molecular formula is C25H22N2O. The van der Waals surface area contributed by atoms with Crippen LogP contribution in [0, 0.1) is 11.8 Å². The Bertz CT molecular complexity index is 1030. The Labute approximate surface area is 166 Å². The maximum Gasteiger partial charge on any atom is 0.324 e. The van der Waals surface area contributed by atoms with E-state index in [-0.39, 0.29) is 6.03 Å². The van der Waals surface area contributed by atoms with Crippen LogP contribution in [0.1, 0.15) is 22.3 Å². The predicted octanol–water partition coefficient (Wildman–Crippen LogP) is 4.85. The fraction of sp³-hybridized carbons (Fsp3) is 0.160. The minimum Gasteiger partial charge on any atom is -0.316 e. The number of benzene rings is 3. The molecule has 138 valence electrons. The van der Waals surface area contributed by atoms with Gasteiger partial charge >= 0.3 is 6.03 Å². The molecule has 0 saturated heterocycles. The zero-order valence-corrected chi connectivity index (χ0v) is 15.9. The van der Waals surface area contributed by atoms with E-state index >= 15 is 0 Å². The Morgan fingerprint density at radius 1 is 0.893 bits per heavy atom. The summed E-state index contributed by atoms with van der Waals surface area (Å²) in [5.41, 5.74) is 5.42. The van der Waals surface area contributed by atoms with Gasteiger partial charge in [-0.25, -0.2) is 4.79 Å². The lowest BCUT2D eigenvalue weighted by Gasteiger charge is -2.35. The predicted molar refractivity (Wildman–Crippen MR) is 113 cm³/mol. The number of anilines is 1. The molecule has 1 aliphatic rings. The fourth-order valence-electron chi connectivity index (χ4n) is 3.48. The maximum absolute atomic E-state index is 12.7. The van der Waals surface area contributed by atoms with E-state index in [1.54, 1.807) is 4.90 Å². The monoisotopic (exact) mass is 366 g/mol. The standard InChI is InChI=1S/C25H22N2O/c1-26-24-16-15-21(14-8-13-20-9-4-2-5-10-20)17-23(24)19-27(25(26)28)18-22-11-6-3-7-12-22/h2-7,9-12,15-17H,13,18-19H2,1H3. The molecule has 0 bridgehead atoms. The van der Waals surface area contributed by atoms with E-state index in [9.17, 15) is 4.79 Å². The third-order valence-corrected chi connectivity index (χ3v) is 4.94. The highest BCUT2D eigenvalue weighted by molar-refractivity contribution is 5.94. The van der Waals surface area contributed by atoms with Gasteiger partial charge in [-0.05, 0) is 34.9 Å². The first-order valence-electron chi connectivity index (χ1n) is 9.43. The molecule has 3 heteroatoms. The van der Waals surface area contributed by atoms with Gasteiger partial charge in [0.15, 0.2) is 0 Å². The molecule has 0 saturated carbocycles. The third-order valence-electron chi connectivity index (χ3n) is 4.94. The van der Waals surface area contributed by atoms with Crippen LogP contribution in [0.25, 0.3) is 0 Å². The van der Waals surface area contributed by atoms with Crippen molar-refractivity contribution in [2.75, 3.05) is 11.9 Å². The molecule has 28 heavy (non-hydrogen) atoms. The molecule has 3 aromatic carbocycles. The Hall–Kier alpha value is -3.51. The number of nitrogens with zero attached hydrogens (tertiary/aromatic N) is 2. The molecule has 3 nitrogen and oxygen atoms in total. The van der Waals surface area contributed by atoms with Crippen molar-refractivity contribution in [1.82, 2.24) is 4.90 Å². The van der Waals surface area contributed by atoms with Crippen molar-refractivity contribution in [3.8, 4) is 11.8 Å². The number of rotatable bonds is 3. The number of hydrogen-bond acceptors (Lipinski definition) is 1. The second-order valence-corrected chi connectivity index (χ2v) is 6.99. The van der Waals surface area contributed by atoms with Crippen LogP contribution in [0.3, 0.4) is 0 Å². The first-order chi connectivity index (χ1) is 13.7. The fourth-order valence-corrected chi connectivity index (χ4v) is 3.48. The number of carbonyl (C=O) groups excluding carboxylic acids is 1. The summed E-state index contributed by atoms with van der Waals surface area (Å²) < 4.78 is 0. The van der Waals surface area contributed by atoms with Gasteiger partial charge in [0.25, 0.3) is 0 Å². The van der Waals surface area contributed by atoms with Crippen molar-refractivity contribution in [2.24, 2.45) is 0 Å². The zero-order valence-electron chi connectivity index (χ0n) is 15.9. The Morgan fingerprint density at radius 3 is 2.29 bits per heavy atom. The number of urea groups is 1. The van der Waals surface area contributed by atoms with Gasteiger partial charge in [0.1, 0.15) is 0 Å². The van der Waals surface area contributed by atoms with Crippen LogP contribution in [-0.2, 0) is 19.5 Å². The van der Waals surface area contributed by atoms with Crippen molar-refractivity contribution in [3.05, 3.63) is 101 Å². The number of fused-ring (bicyclic) bond motifs is 1. The molecule has 0 unspecified atom stereocenters. The first kappa shape index (κ1) is 17.9. The lowest BCUT2D eigenvalue weighted by atomic mass is 10.0. The average molecular weight is 366 g/mol. The van der Waals surface area contributed by atoms with Crippen LogP contribution in [0.4, 0.5) is 10.5 Å². The molecule has 1 aliphatic heterocycles.